The number of hydrogen-bond acceptors (Lipinski definition) is 7. The highest BCUT2D eigenvalue weighted by Gasteiger charge is 2.30. The zero-order chi connectivity index (χ0) is 20.0. The van der Waals surface area contributed by atoms with Gasteiger partial charge in [0.05, 0.1) is 18.4 Å². The van der Waals surface area contributed by atoms with Crippen molar-refractivity contribution < 1.29 is 14.3 Å². The number of esters is 1. The minimum Gasteiger partial charge on any atom is -0.455 e. The molecule has 0 spiro atoms. The van der Waals surface area contributed by atoms with Crippen molar-refractivity contribution in [2.45, 2.75) is 51.7 Å². The smallest absolute Gasteiger partial charge is 0.359 e. The molecule has 1 N–H and O–H groups in total. The molecule has 2 rings (SSSR count). The zero-order valence-corrected chi connectivity index (χ0v) is 17.0. The molecule has 8 heteroatoms. The first kappa shape index (κ1) is 21.1. The third-order valence-electron chi connectivity index (χ3n) is 4.28. The van der Waals surface area contributed by atoms with E-state index in [2.05, 4.69) is 20.2 Å². The molecule has 0 aliphatic carbocycles. The number of likely N-dealkylation sites (tertiary alicyclic amines) is 1. The molecule has 0 saturated carbocycles. The van der Waals surface area contributed by atoms with Crippen molar-refractivity contribution >= 4 is 17.7 Å². The molecule has 27 heavy (non-hydrogen) atoms. The second kappa shape index (κ2) is 9.12. The summed E-state index contributed by atoms with van der Waals surface area (Å²) < 4.78 is 5.27. The van der Waals surface area contributed by atoms with Crippen LogP contribution < -0.4 is 5.32 Å². The first-order chi connectivity index (χ1) is 12.7. The largest absolute Gasteiger partial charge is 0.455 e. The van der Waals surface area contributed by atoms with E-state index in [0.717, 1.165) is 38.9 Å². The number of aromatic nitrogens is 2. The second-order valence-electron chi connectivity index (χ2n) is 8.00. The van der Waals surface area contributed by atoms with E-state index in [4.69, 9.17) is 4.74 Å². The highest BCUT2D eigenvalue weighted by atomic mass is 16.6. The molecular formula is C19H31N5O3. The van der Waals surface area contributed by atoms with E-state index in [1.165, 1.54) is 12.4 Å². The molecule has 0 aromatic carbocycles. The summed E-state index contributed by atoms with van der Waals surface area (Å²) in [7, 11) is 3.61. The Morgan fingerprint density at radius 3 is 2.63 bits per heavy atom. The molecule has 1 aliphatic rings. The van der Waals surface area contributed by atoms with Crippen molar-refractivity contribution in [1.29, 1.82) is 0 Å². The monoisotopic (exact) mass is 377 g/mol. The van der Waals surface area contributed by atoms with Crippen LogP contribution in [0.15, 0.2) is 12.4 Å². The molecule has 1 fully saturated rings. The SMILES string of the molecule is CN(C)C(=O)C1CCCN1CCCNc1cnc(C(=O)OC(C)(C)C)cn1. The van der Waals surface area contributed by atoms with Crippen LogP contribution in [0.4, 0.5) is 5.82 Å². The zero-order valence-electron chi connectivity index (χ0n) is 17.0. The van der Waals surface area contributed by atoms with Crippen LogP contribution >= 0.6 is 0 Å². The number of carbonyl (C=O) groups excluding carboxylic acids is 2. The molecule has 1 atom stereocenters. The predicted octanol–water partition coefficient (Wildman–Crippen LogP) is 1.79. The summed E-state index contributed by atoms with van der Waals surface area (Å²) in [6.07, 6.45) is 5.85. The second-order valence-corrected chi connectivity index (χ2v) is 8.00. The molecule has 1 amide bonds. The fourth-order valence-electron chi connectivity index (χ4n) is 3.03. The number of hydrogen-bond donors (Lipinski definition) is 1. The fraction of sp³-hybridized carbons (Fsp3) is 0.684. The summed E-state index contributed by atoms with van der Waals surface area (Å²) in [5.41, 5.74) is -0.366. The van der Waals surface area contributed by atoms with Gasteiger partial charge in [-0.2, -0.15) is 0 Å². The van der Waals surface area contributed by atoms with Crippen molar-refractivity contribution in [3.63, 3.8) is 0 Å². The summed E-state index contributed by atoms with van der Waals surface area (Å²) in [4.78, 5) is 36.4. The van der Waals surface area contributed by atoms with Gasteiger partial charge >= 0.3 is 5.97 Å². The van der Waals surface area contributed by atoms with E-state index < -0.39 is 11.6 Å². The number of carbonyl (C=O) groups is 2. The standard InChI is InChI=1S/C19H31N5O3/c1-19(2,3)27-18(26)14-12-22-16(13-21-14)20-9-7-11-24-10-6-8-15(24)17(25)23(4)5/h12-13,15H,6-11H2,1-5H3,(H,20,22). The molecule has 1 aliphatic heterocycles. The van der Waals surface area contributed by atoms with E-state index in [-0.39, 0.29) is 17.6 Å². The molecule has 8 nitrogen and oxygen atoms in total. The van der Waals surface area contributed by atoms with Crippen molar-refractivity contribution in [3.8, 4) is 0 Å². The van der Waals surface area contributed by atoms with E-state index in [9.17, 15) is 9.59 Å². The van der Waals surface area contributed by atoms with E-state index in [1.807, 2.05) is 20.8 Å². The third-order valence-corrected chi connectivity index (χ3v) is 4.28. The molecular weight excluding hydrogens is 346 g/mol. The van der Waals surface area contributed by atoms with Crippen molar-refractivity contribution in [2.75, 3.05) is 39.0 Å². The van der Waals surface area contributed by atoms with Gasteiger partial charge in [-0.25, -0.2) is 14.8 Å². The van der Waals surface area contributed by atoms with Crippen molar-refractivity contribution in [2.24, 2.45) is 0 Å². The lowest BCUT2D eigenvalue weighted by Gasteiger charge is -2.26. The Morgan fingerprint density at radius 1 is 1.30 bits per heavy atom. The lowest BCUT2D eigenvalue weighted by atomic mass is 10.2. The summed E-state index contributed by atoms with van der Waals surface area (Å²) in [5.74, 6) is 0.320. The minimum atomic E-state index is -0.558. The van der Waals surface area contributed by atoms with Gasteiger partial charge in [0.25, 0.3) is 0 Å². The van der Waals surface area contributed by atoms with Crippen molar-refractivity contribution in [1.82, 2.24) is 19.8 Å². The van der Waals surface area contributed by atoms with Gasteiger partial charge in [-0.05, 0) is 46.6 Å². The lowest BCUT2D eigenvalue weighted by Crippen LogP contribution is -2.43. The first-order valence-electron chi connectivity index (χ1n) is 9.42. The number of nitrogens with one attached hydrogen (secondary N) is 1. The van der Waals surface area contributed by atoms with Crippen LogP contribution in [0.2, 0.25) is 0 Å². The van der Waals surface area contributed by atoms with E-state index in [0.29, 0.717) is 5.82 Å². The Bertz CT molecular complexity index is 640. The molecule has 150 valence electrons. The molecule has 2 heterocycles. The summed E-state index contributed by atoms with van der Waals surface area (Å²) in [6.45, 7) is 7.98. The topological polar surface area (TPSA) is 87.7 Å². The Balaban J connectivity index is 1.76. The number of likely N-dealkylation sites (N-methyl/N-ethyl adjacent to an activating group) is 1. The third kappa shape index (κ3) is 6.46. The lowest BCUT2D eigenvalue weighted by molar-refractivity contribution is -0.133. The van der Waals surface area contributed by atoms with Gasteiger partial charge in [0.15, 0.2) is 5.69 Å². The van der Waals surface area contributed by atoms with Crippen LogP contribution in [0, 0.1) is 0 Å². The summed E-state index contributed by atoms with van der Waals surface area (Å²) >= 11 is 0. The quantitative estimate of drug-likeness (QED) is 0.572. The number of amides is 1. The molecule has 1 unspecified atom stereocenters. The maximum atomic E-state index is 12.2. The van der Waals surface area contributed by atoms with Crippen LogP contribution in [-0.2, 0) is 9.53 Å². The number of anilines is 1. The fourth-order valence-corrected chi connectivity index (χ4v) is 3.03. The van der Waals surface area contributed by atoms with Gasteiger partial charge in [-0.3, -0.25) is 9.69 Å². The molecule has 1 aromatic heterocycles. The first-order valence-corrected chi connectivity index (χ1v) is 9.42. The number of nitrogens with zero attached hydrogens (tertiary/aromatic N) is 4. The molecule has 1 saturated heterocycles. The summed E-state index contributed by atoms with van der Waals surface area (Å²) in [6, 6.07) is 0.00732. The summed E-state index contributed by atoms with van der Waals surface area (Å²) in [5, 5.41) is 3.20. The molecule has 0 radical (unpaired) electrons. The van der Waals surface area contributed by atoms with Crippen LogP contribution in [0.25, 0.3) is 0 Å². The Labute approximate surface area is 161 Å². The van der Waals surface area contributed by atoms with Crippen LogP contribution in [0.1, 0.15) is 50.5 Å². The normalized spacial score (nSPS) is 17.6. The Hall–Kier alpha value is -2.22. The highest BCUT2D eigenvalue weighted by Crippen LogP contribution is 2.19. The van der Waals surface area contributed by atoms with Gasteiger partial charge in [0.1, 0.15) is 11.4 Å². The van der Waals surface area contributed by atoms with Gasteiger partial charge < -0.3 is 15.0 Å². The number of rotatable bonds is 7. The maximum absolute atomic E-state index is 12.2. The minimum absolute atomic E-state index is 0.00732. The van der Waals surface area contributed by atoms with Crippen LogP contribution in [-0.4, -0.2) is 77.0 Å². The average molecular weight is 377 g/mol. The Morgan fingerprint density at radius 2 is 2.04 bits per heavy atom. The Kier molecular flexibility index (Phi) is 7.12. The van der Waals surface area contributed by atoms with Crippen LogP contribution in [0.3, 0.4) is 0 Å². The van der Waals surface area contributed by atoms with Crippen molar-refractivity contribution in [3.05, 3.63) is 18.1 Å². The van der Waals surface area contributed by atoms with E-state index >= 15 is 0 Å². The van der Waals surface area contributed by atoms with Gasteiger partial charge in [-0.1, -0.05) is 0 Å². The van der Waals surface area contributed by atoms with Gasteiger partial charge in [0.2, 0.25) is 5.91 Å². The predicted molar refractivity (Wildman–Crippen MR) is 104 cm³/mol. The van der Waals surface area contributed by atoms with Gasteiger partial charge in [-0.15, -0.1) is 0 Å². The van der Waals surface area contributed by atoms with Gasteiger partial charge in [0, 0.05) is 27.2 Å². The maximum Gasteiger partial charge on any atom is 0.359 e. The highest BCUT2D eigenvalue weighted by molar-refractivity contribution is 5.87. The number of ether oxygens (including phenoxy) is 1. The average Bonchev–Trinajstić information content (AvgIpc) is 3.05. The van der Waals surface area contributed by atoms with E-state index in [1.54, 1.807) is 19.0 Å². The molecule has 1 aromatic rings. The van der Waals surface area contributed by atoms with Crippen LogP contribution in [0.5, 0.6) is 0 Å². The molecule has 0 bridgehead atoms.